The number of halogens is 3. The number of rotatable bonds is 3. The molecule has 0 spiro atoms. The minimum atomic E-state index is -4.39. The van der Waals surface area contributed by atoms with Crippen molar-refractivity contribution in [1.82, 2.24) is 19.9 Å². The fraction of sp³-hybridized carbons (Fsp3) is 0.235. The van der Waals surface area contributed by atoms with Gasteiger partial charge in [0.2, 0.25) is 5.95 Å². The van der Waals surface area contributed by atoms with E-state index in [0.29, 0.717) is 12.4 Å². The largest absolute Gasteiger partial charge is 0.416 e. The zero-order valence-electron chi connectivity index (χ0n) is 13.6. The molecule has 2 N–H and O–H groups in total. The molecule has 3 aromatic rings. The zero-order valence-corrected chi connectivity index (χ0v) is 13.6. The van der Waals surface area contributed by atoms with Crippen molar-refractivity contribution in [3.8, 4) is 0 Å². The smallest absolute Gasteiger partial charge is 0.350 e. The third kappa shape index (κ3) is 3.32. The van der Waals surface area contributed by atoms with E-state index < -0.39 is 11.7 Å². The van der Waals surface area contributed by atoms with Gasteiger partial charge in [-0.25, -0.2) is 9.97 Å². The Morgan fingerprint density at radius 2 is 2.04 bits per heavy atom. The molecule has 0 saturated heterocycles. The van der Waals surface area contributed by atoms with Gasteiger partial charge in [-0.2, -0.15) is 18.2 Å². The molecule has 4 rings (SSSR count). The number of imidazole rings is 1. The van der Waals surface area contributed by atoms with Gasteiger partial charge in [0, 0.05) is 30.5 Å². The highest BCUT2D eigenvalue weighted by Crippen LogP contribution is 2.31. The number of fused-ring (bicyclic) bond motifs is 1. The maximum atomic E-state index is 12.8. The van der Waals surface area contributed by atoms with Crippen molar-refractivity contribution < 1.29 is 13.2 Å². The summed E-state index contributed by atoms with van der Waals surface area (Å²) in [7, 11) is 0. The number of aromatic nitrogens is 4. The molecule has 1 aromatic carbocycles. The van der Waals surface area contributed by atoms with Crippen molar-refractivity contribution >= 4 is 17.5 Å². The number of H-pyrrole nitrogens is 1. The van der Waals surface area contributed by atoms with E-state index in [2.05, 4.69) is 30.2 Å². The van der Waals surface area contributed by atoms with E-state index in [1.807, 2.05) is 0 Å². The summed E-state index contributed by atoms with van der Waals surface area (Å²) >= 11 is 0. The molecule has 1 aliphatic heterocycles. The predicted molar refractivity (Wildman–Crippen MR) is 90.1 cm³/mol. The summed E-state index contributed by atoms with van der Waals surface area (Å²) in [5.41, 5.74) is 1.66. The number of aromatic amines is 1. The Morgan fingerprint density at radius 1 is 1.15 bits per heavy atom. The Kier molecular flexibility index (Phi) is 3.98. The average molecular weight is 360 g/mol. The van der Waals surface area contributed by atoms with Crippen molar-refractivity contribution in [3.05, 3.63) is 59.8 Å². The molecule has 0 amide bonds. The number of hydrogen-bond acceptors (Lipinski definition) is 5. The molecule has 0 fully saturated rings. The first-order chi connectivity index (χ1) is 12.5. The van der Waals surface area contributed by atoms with E-state index in [9.17, 15) is 13.2 Å². The van der Waals surface area contributed by atoms with Gasteiger partial charge in [-0.3, -0.25) is 0 Å². The quantitative estimate of drug-likeness (QED) is 0.748. The van der Waals surface area contributed by atoms with Crippen LogP contribution in [0.5, 0.6) is 0 Å². The standard InChI is InChI=1S/C17H15F3N6/c18-17(19,20)11-2-1-3-12(8-11)24-16-21-6-4-15(25-16)26-7-5-13-14(9-26)23-10-22-13/h1-4,6,8,10H,5,7,9H2,(H,22,23)(H,21,24,25). The Labute approximate surface area is 147 Å². The Bertz CT molecular complexity index is 921. The minimum Gasteiger partial charge on any atom is -0.350 e. The molecule has 26 heavy (non-hydrogen) atoms. The van der Waals surface area contributed by atoms with Gasteiger partial charge in [0.05, 0.1) is 24.1 Å². The van der Waals surface area contributed by atoms with Crippen molar-refractivity contribution in [2.45, 2.75) is 19.1 Å². The molecule has 0 atom stereocenters. The summed E-state index contributed by atoms with van der Waals surface area (Å²) in [6, 6.07) is 6.72. The summed E-state index contributed by atoms with van der Waals surface area (Å²) in [6.07, 6.45) is -0.307. The van der Waals surface area contributed by atoms with Crippen molar-refractivity contribution in [2.24, 2.45) is 0 Å². The lowest BCUT2D eigenvalue weighted by molar-refractivity contribution is -0.137. The number of hydrogen-bond donors (Lipinski definition) is 2. The molecule has 0 bridgehead atoms. The first kappa shape index (κ1) is 16.4. The van der Waals surface area contributed by atoms with Crippen LogP contribution in [-0.2, 0) is 19.1 Å². The van der Waals surface area contributed by atoms with Crippen LogP contribution >= 0.6 is 0 Å². The Balaban J connectivity index is 1.54. The Hall–Kier alpha value is -3.10. The van der Waals surface area contributed by atoms with Crippen LogP contribution in [-0.4, -0.2) is 26.5 Å². The summed E-state index contributed by atoms with van der Waals surface area (Å²) in [5, 5.41) is 2.84. The number of anilines is 3. The average Bonchev–Trinajstić information content (AvgIpc) is 3.09. The lowest BCUT2D eigenvalue weighted by Gasteiger charge is -2.27. The molecule has 9 heteroatoms. The van der Waals surface area contributed by atoms with Gasteiger partial charge in [-0.05, 0) is 24.3 Å². The van der Waals surface area contributed by atoms with Gasteiger partial charge >= 0.3 is 6.18 Å². The summed E-state index contributed by atoms with van der Waals surface area (Å²) in [6.45, 7) is 1.40. The fourth-order valence-corrected chi connectivity index (χ4v) is 2.89. The van der Waals surface area contributed by atoms with Crippen LogP contribution in [0.3, 0.4) is 0 Å². The maximum absolute atomic E-state index is 12.8. The van der Waals surface area contributed by atoms with Gasteiger partial charge in [0.1, 0.15) is 5.82 Å². The van der Waals surface area contributed by atoms with E-state index in [1.54, 1.807) is 24.7 Å². The summed E-state index contributed by atoms with van der Waals surface area (Å²) < 4.78 is 38.5. The lowest BCUT2D eigenvalue weighted by Crippen LogP contribution is -2.31. The number of nitrogens with one attached hydrogen (secondary N) is 2. The van der Waals surface area contributed by atoms with Crippen molar-refractivity contribution in [1.29, 1.82) is 0 Å². The molecule has 0 unspecified atom stereocenters. The highest BCUT2D eigenvalue weighted by molar-refractivity contribution is 5.56. The normalized spacial score (nSPS) is 14.2. The molecule has 134 valence electrons. The second kappa shape index (κ2) is 6.32. The maximum Gasteiger partial charge on any atom is 0.416 e. The van der Waals surface area contributed by atoms with Gasteiger partial charge < -0.3 is 15.2 Å². The van der Waals surface area contributed by atoms with Crippen LogP contribution in [0.15, 0.2) is 42.9 Å². The Morgan fingerprint density at radius 3 is 2.88 bits per heavy atom. The molecular formula is C17H15F3N6. The topological polar surface area (TPSA) is 69.7 Å². The lowest BCUT2D eigenvalue weighted by atomic mass is 10.1. The second-order valence-electron chi connectivity index (χ2n) is 5.94. The second-order valence-corrected chi connectivity index (χ2v) is 5.94. The SMILES string of the molecule is FC(F)(F)c1cccc(Nc2nccc(N3CCc4[nH]cnc4C3)n2)c1. The summed E-state index contributed by atoms with van der Waals surface area (Å²) in [4.78, 5) is 18.0. The first-order valence-electron chi connectivity index (χ1n) is 8.02. The van der Waals surface area contributed by atoms with E-state index in [0.717, 1.165) is 36.5 Å². The van der Waals surface area contributed by atoms with Crippen LogP contribution < -0.4 is 10.2 Å². The van der Waals surface area contributed by atoms with E-state index in [-0.39, 0.29) is 11.6 Å². The van der Waals surface area contributed by atoms with Crippen LogP contribution in [0.4, 0.5) is 30.6 Å². The van der Waals surface area contributed by atoms with Gasteiger partial charge in [-0.1, -0.05) is 6.07 Å². The van der Waals surface area contributed by atoms with E-state index in [4.69, 9.17) is 0 Å². The molecule has 3 heterocycles. The number of alkyl halides is 3. The molecule has 0 radical (unpaired) electrons. The van der Waals surface area contributed by atoms with Crippen LogP contribution in [0.1, 0.15) is 17.0 Å². The fourth-order valence-electron chi connectivity index (χ4n) is 2.89. The monoisotopic (exact) mass is 360 g/mol. The highest BCUT2D eigenvalue weighted by Gasteiger charge is 2.30. The van der Waals surface area contributed by atoms with Crippen molar-refractivity contribution in [2.75, 3.05) is 16.8 Å². The van der Waals surface area contributed by atoms with Crippen LogP contribution in [0.25, 0.3) is 0 Å². The molecule has 6 nitrogen and oxygen atoms in total. The first-order valence-corrected chi connectivity index (χ1v) is 8.02. The molecular weight excluding hydrogens is 345 g/mol. The molecule has 2 aromatic heterocycles. The van der Waals surface area contributed by atoms with E-state index >= 15 is 0 Å². The van der Waals surface area contributed by atoms with Crippen LogP contribution in [0, 0.1) is 0 Å². The third-order valence-electron chi connectivity index (χ3n) is 4.19. The van der Waals surface area contributed by atoms with Gasteiger partial charge in [0.25, 0.3) is 0 Å². The number of nitrogens with zero attached hydrogens (tertiary/aromatic N) is 4. The van der Waals surface area contributed by atoms with E-state index in [1.165, 1.54) is 6.07 Å². The highest BCUT2D eigenvalue weighted by atomic mass is 19.4. The minimum absolute atomic E-state index is 0.245. The van der Waals surface area contributed by atoms with Gasteiger partial charge in [-0.15, -0.1) is 0 Å². The zero-order chi connectivity index (χ0) is 18.1. The predicted octanol–water partition coefficient (Wildman–Crippen LogP) is 3.52. The number of benzene rings is 1. The third-order valence-corrected chi connectivity index (χ3v) is 4.19. The van der Waals surface area contributed by atoms with Gasteiger partial charge in [0.15, 0.2) is 0 Å². The van der Waals surface area contributed by atoms with Crippen molar-refractivity contribution in [3.63, 3.8) is 0 Å². The molecule has 0 aliphatic carbocycles. The molecule has 0 saturated carbocycles. The van der Waals surface area contributed by atoms with Crippen LogP contribution in [0.2, 0.25) is 0 Å². The summed E-state index contributed by atoms with van der Waals surface area (Å²) in [5.74, 6) is 0.942. The molecule has 1 aliphatic rings.